The highest BCUT2D eigenvalue weighted by molar-refractivity contribution is 5.76. The zero-order valence-corrected chi connectivity index (χ0v) is 6.50. The van der Waals surface area contributed by atoms with E-state index >= 15 is 0 Å². The number of allylic oxidation sites excluding steroid dienone is 2. The van der Waals surface area contributed by atoms with Gasteiger partial charge in [0.1, 0.15) is 5.82 Å². The maximum atomic E-state index is 12.8. The van der Waals surface area contributed by atoms with Gasteiger partial charge in [-0.15, -0.1) is 0 Å². The molecule has 1 aromatic carbocycles. The van der Waals surface area contributed by atoms with Gasteiger partial charge in [-0.25, -0.2) is 4.39 Å². The van der Waals surface area contributed by atoms with Gasteiger partial charge in [0, 0.05) is 6.21 Å². The van der Waals surface area contributed by atoms with Crippen molar-refractivity contribution in [2.45, 2.75) is 6.42 Å². The van der Waals surface area contributed by atoms with Crippen LogP contribution < -0.4 is 0 Å². The first-order valence-electron chi connectivity index (χ1n) is 3.84. The summed E-state index contributed by atoms with van der Waals surface area (Å²) >= 11 is 0. The van der Waals surface area contributed by atoms with Gasteiger partial charge in [-0.1, -0.05) is 6.08 Å². The lowest BCUT2D eigenvalue weighted by Gasteiger charge is -2.00. The van der Waals surface area contributed by atoms with E-state index in [4.69, 9.17) is 0 Å². The molecule has 1 nitrogen and oxygen atoms in total. The Bertz CT molecular complexity index is 353. The van der Waals surface area contributed by atoms with E-state index in [0.717, 1.165) is 17.7 Å². The topological polar surface area (TPSA) is 12.4 Å². The van der Waals surface area contributed by atoms with Crippen LogP contribution in [0.3, 0.4) is 0 Å². The van der Waals surface area contributed by atoms with Crippen LogP contribution in [-0.2, 0) is 6.42 Å². The van der Waals surface area contributed by atoms with Gasteiger partial charge in [0.2, 0.25) is 0 Å². The molecule has 0 saturated heterocycles. The monoisotopic (exact) mass is 161 g/mol. The van der Waals surface area contributed by atoms with Crippen molar-refractivity contribution in [3.8, 4) is 0 Å². The van der Waals surface area contributed by atoms with Crippen LogP contribution in [0.2, 0.25) is 0 Å². The third-order valence-corrected chi connectivity index (χ3v) is 1.82. The van der Waals surface area contributed by atoms with Crippen molar-refractivity contribution in [1.82, 2.24) is 0 Å². The molecule has 0 radical (unpaired) electrons. The summed E-state index contributed by atoms with van der Waals surface area (Å²) in [6.45, 7) is 0. The molecule has 0 aromatic heterocycles. The number of fused-ring (bicyclic) bond motifs is 1. The standard InChI is InChI=1S/C10H8FN/c11-9-4-5-10-8(7-9)3-1-2-6-12-10/h1-2,4-7H,3H2. The van der Waals surface area contributed by atoms with E-state index in [2.05, 4.69) is 4.99 Å². The largest absolute Gasteiger partial charge is 0.257 e. The minimum atomic E-state index is -0.195. The van der Waals surface area contributed by atoms with E-state index in [1.807, 2.05) is 12.2 Å². The second kappa shape index (κ2) is 2.89. The predicted octanol–water partition coefficient (Wildman–Crippen LogP) is 2.64. The van der Waals surface area contributed by atoms with E-state index in [0.29, 0.717) is 0 Å². The first-order chi connectivity index (χ1) is 5.86. The third kappa shape index (κ3) is 1.28. The fraction of sp³-hybridized carbons (Fsp3) is 0.100. The van der Waals surface area contributed by atoms with E-state index in [-0.39, 0.29) is 5.82 Å². The van der Waals surface area contributed by atoms with E-state index < -0.39 is 0 Å². The highest BCUT2D eigenvalue weighted by Crippen LogP contribution is 2.21. The Morgan fingerprint density at radius 3 is 3.17 bits per heavy atom. The van der Waals surface area contributed by atoms with Gasteiger partial charge in [0.05, 0.1) is 5.69 Å². The van der Waals surface area contributed by atoms with Crippen LogP contribution in [0.25, 0.3) is 0 Å². The maximum absolute atomic E-state index is 12.8. The van der Waals surface area contributed by atoms with Crippen molar-refractivity contribution in [3.63, 3.8) is 0 Å². The first kappa shape index (κ1) is 7.22. The third-order valence-electron chi connectivity index (χ3n) is 1.82. The molecule has 0 bridgehead atoms. The van der Waals surface area contributed by atoms with Crippen molar-refractivity contribution < 1.29 is 4.39 Å². The summed E-state index contributed by atoms with van der Waals surface area (Å²) in [6.07, 6.45) is 6.32. The summed E-state index contributed by atoms with van der Waals surface area (Å²) in [5.41, 5.74) is 1.81. The van der Waals surface area contributed by atoms with E-state index in [1.54, 1.807) is 12.3 Å². The molecule has 0 N–H and O–H groups in total. The second-order valence-corrected chi connectivity index (χ2v) is 2.68. The summed E-state index contributed by atoms with van der Waals surface area (Å²) in [7, 11) is 0. The number of halogens is 1. The van der Waals surface area contributed by atoms with Crippen molar-refractivity contribution in [3.05, 3.63) is 41.7 Å². The molecule has 0 spiro atoms. The Morgan fingerprint density at radius 1 is 1.33 bits per heavy atom. The molecular formula is C10H8FN. The summed E-state index contributed by atoms with van der Waals surface area (Å²) in [4.78, 5) is 4.15. The van der Waals surface area contributed by atoms with Gasteiger partial charge < -0.3 is 0 Å². The van der Waals surface area contributed by atoms with E-state index in [9.17, 15) is 4.39 Å². The lowest BCUT2D eigenvalue weighted by atomic mass is 10.1. The highest BCUT2D eigenvalue weighted by atomic mass is 19.1. The summed E-state index contributed by atoms with van der Waals surface area (Å²) in [5, 5.41) is 0. The van der Waals surface area contributed by atoms with Crippen molar-refractivity contribution >= 4 is 11.9 Å². The molecule has 1 heterocycles. The zero-order valence-electron chi connectivity index (χ0n) is 6.50. The molecule has 0 saturated carbocycles. The normalized spacial score (nSPS) is 14.1. The van der Waals surface area contributed by atoms with Gasteiger partial charge in [0.15, 0.2) is 0 Å². The van der Waals surface area contributed by atoms with Crippen LogP contribution in [0, 0.1) is 5.82 Å². The Labute approximate surface area is 70.3 Å². The van der Waals surface area contributed by atoms with Crippen LogP contribution in [0.15, 0.2) is 35.3 Å². The van der Waals surface area contributed by atoms with E-state index in [1.165, 1.54) is 12.1 Å². The minimum Gasteiger partial charge on any atom is -0.257 e. The average molecular weight is 161 g/mol. The fourth-order valence-corrected chi connectivity index (χ4v) is 1.22. The Morgan fingerprint density at radius 2 is 2.25 bits per heavy atom. The number of hydrogen-bond acceptors (Lipinski definition) is 1. The van der Waals surface area contributed by atoms with Crippen molar-refractivity contribution in [2.24, 2.45) is 4.99 Å². The molecule has 0 unspecified atom stereocenters. The average Bonchev–Trinajstić information content (AvgIpc) is 2.28. The predicted molar refractivity (Wildman–Crippen MR) is 47.4 cm³/mol. The van der Waals surface area contributed by atoms with Crippen molar-refractivity contribution in [1.29, 1.82) is 0 Å². The fourth-order valence-electron chi connectivity index (χ4n) is 1.22. The van der Waals surface area contributed by atoms with Crippen LogP contribution in [0.4, 0.5) is 10.1 Å². The van der Waals surface area contributed by atoms with Crippen molar-refractivity contribution in [2.75, 3.05) is 0 Å². The van der Waals surface area contributed by atoms with Crippen LogP contribution in [-0.4, -0.2) is 6.21 Å². The lowest BCUT2D eigenvalue weighted by Crippen LogP contribution is -1.83. The lowest BCUT2D eigenvalue weighted by molar-refractivity contribution is 0.626. The molecule has 12 heavy (non-hydrogen) atoms. The zero-order chi connectivity index (χ0) is 8.39. The molecule has 1 aliphatic rings. The van der Waals surface area contributed by atoms with Gasteiger partial charge in [-0.05, 0) is 36.3 Å². The molecule has 0 amide bonds. The summed E-state index contributed by atoms with van der Waals surface area (Å²) < 4.78 is 12.8. The molecule has 0 fully saturated rings. The number of rotatable bonds is 0. The number of aliphatic imine (C=N–C) groups is 1. The smallest absolute Gasteiger partial charge is 0.123 e. The number of benzene rings is 1. The highest BCUT2D eigenvalue weighted by Gasteiger charge is 2.02. The Balaban J connectivity index is 2.53. The first-order valence-corrected chi connectivity index (χ1v) is 3.84. The second-order valence-electron chi connectivity index (χ2n) is 2.68. The van der Waals surface area contributed by atoms with Gasteiger partial charge >= 0.3 is 0 Å². The van der Waals surface area contributed by atoms with Crippen LogP contribution in [0.5, 0.6) is 0 Å². The molecule has 2 rings (SSSR count). The molecule has 0 aliphatic carbocycles. The quantitative estimate of drug-likeness (QED) is 0.554. The Hall–Kier alpha value is -1.44. The van der Waals surface area contributed by atoms with Gasteiger partial charge in [-0.2, -0.15) is 0 Å². The molecule has 0 atom stereocenters. The van der Waals surface area contributed by atoms with Crippen LogP contribution >= 0.6 is 0 Å². The molecule has 60 valence electrons. The molecule has 2 heteroatoms. The van der Waals surface area contributed by atoms with Crippen LogP contribution in [0.1, 0.15) is 5.56 Å². The Kier molecular flexibility index (Phi) is 1.74. The molecule has 1 aliphatic heterocycles. The number of hydrogen-bond donors (Lipinski definition) is 0. The summed E-state index contributed by atoms with van der Waals surface area (Å²) in [6, 6.07) is 4.66. The minimum absolute atomic E-state index is 0.195. The van der Waals surface area contributed by atoms with Gasteiger partial charge in [-0.3, -0.25) is 4.99 Å². The molecular weight excluding hydrogens is 153 g/mol. The summed E-state index contributed by atoms with van der Waals surface area (Å²) in [5.74, 6) is -0.195. The van der Waals surface area contributed by atoms with Gasteiger partial charge in [0.25, 0.3) is 0 Å². The maximum Gasteiger partial charge on any atom is 0.123 e. The SMILES string of the molecule is Fc1ccc2c(c1)CC=CC=N2. The molecule has 1 aromatic rings. The number of nitrogens with zero attached hydrogens (tertiary/aromatic N) is 1.